The Morgan fingerprint density at radius 1 is 1.00 bits per heavy atom. The number of hydrazine groups is 1. The average molecular weight is 518 g/mol. The Morgan fingerprint density at radius 3 is 2.40 bits per heavy atom. The summed E-state index contributed by atoms with van der Waals surface area (Å²) in [7, 11) is 0. The van der Waals surface area contributed by atoms with Gasteiger partial charge in [-0.15, -0.1) is 13.2 Å². The highest BCUT2D eigenvalue weighted by Gasteiger charge is 2.31. The molecule has 0 saturated heterocycles. The van der Waals surface area contributed by atoms with Gasteiger partial charge in [0.15, 0.2) is 5.17 Å². The minimum Gasteiger partial charge on any atom is -0.406 e. The minimum absolute atomic E-state index is 0.0937. The molecule has 2 heterocycles. The number of amidine groups is 2. The highest BCUT2D eigenvalue weighted by atomic mass is 35.5. The fraction of sp³-hybridized carbons (Fsp3) is 0.167. The fourth-order valence-corrected chi connectivity index (χ4v) is 4.70. The Balaban J connectivity index is 1.17. The van der Waals surface area contributed by atoms with Crippen molar-refractivity contribution in [3.8, 4) is 5.75 Å². The summed E-state index contributed by atoms with van der Waals surface area (Å²) in [6, 6.07) is 21.2. The second-order valence-electron chi connectivity index (χ2n) is 7.74. The van der Waals surface area contributed by atoms with Gasteiger partial charge in [0.1, 0.15) is 18.3 Å². The van der Waals surface area contributed by atoms with E-state index in [1.807, 2.05) is 48.5 Å². The molecule has 0 fully saturated rings. The molecule has 0 amide bonds. The SMILES string of the molecule is FC(F)(F)Oc1ccc(N2CN=C(c3ccc(NC4=NC(c5ccc(Cl)cc5)CS4)cc3)N2)cc1. The zero-order chi connectivity index (χ0) is 24.4. The predicted octanol–water partition coefficient (Wildman–Crippen LogP) is 6.22. The van der Waals surface area contributed by atoms with Crippen molar-refractivity contribution >= 4 is 45.7 Å². The van der Waals surface area contributed by atoms with Crippen molar-refractivity contribution < 1.29 is 17.9 Å². The molecule has 0 aliphatic carbocycles. The lowest BCUT2D eigenvalue weighted by molar-refractivity contribution is -0.274. The molecule has 0 radical (unpaired) electrons. The monoisotopic (exact) mass is 517 g/mol. The molecule has 2 aliphatic rings. The van der Waals surface area contributed by atoms with Gasteiger partial charge in [0, 0.05) is 22.0 Å². The van der Waals surface area contributed by atoms with Crippen LogP contribution in [0.4, 0.5) is 24.5 Å². The Kier molecular flexibility index (Phi) is 6.48. The molecule has 0 saturated carbocycles. The maximum Gasteiger partial charge on any atom is 0.573 e. The van der Waals surface area contributed by atoms with Crippen LogP contribution >= 0.6 is 23.4 Å². The summed E-state index contributed by atoms with van der Waals surface area (Å²) in [5, 5.41) is 6.65. The van der Waals surface area contributed by atoms with E-state index >= 15 is 0 Å². The standard InChI is InChI=1S/C24H19ClF3N5OS/c25-17-5-1-15(2-6-17)21-13-35-23(31-21)30-18-7-3-16(4-8-18)22-29-14-33(32-22)19-9-11-20(12-10-19)34-24(26,27)28/h1-12,21H,13-14H2,(H,29,32)(H,30,31). The minimum atomic E-state index is -4.72. The van der Waals surface area contributed by atoms with Crippen LogP contribution in [0.15, 0.2) is 82.8 Å². The molecule has 0 aromatic heterocycles. The summed E-state index contributed by atoms with van der Waals surface area (Å²) < 4.78 is 40.9. The number of halogens is 4. The summed E-state index contributed by atoms with van der Waals surface area (Å²) in [5.74, 6) is 1.26. The largest absolute Gasteiger partial charge is 0.573 e. The third-order valence-corrected chi connectivity index (χ3v) is 6.52. The zero-order valence-electron chi connectivity index (χ0n) is 18.1. The summed E-state index contributed by atoms with van der Waals surface area (Å²) >= 11 is 7.64. The van der Waals surface area contributed by atoms with Gasteiger partial charge in [-0.25, -0.2) is 4.99 Å². The van der Waals surface area contributed by atoms with Gasteiger partial charge in [0.05, 0.1) is 11.7 Å². The van der Waals surface area contributed by atoms with Crippen molar-refractivity contribution in [1.82, 2.24) is 5.43 Å². The molecule has 5 rings (SSSR count). The number of benzene rings is 3. The molecule has 6 nitrogen and oxygen atoms in total. The zero-order valence-corrected chi connectivity index (χ0v) is 19.7. The number of hydrogen-bond donors (Lipinski definition) is 2. The van der Waals surface area contributed by atoms with Crippen molar-refractivity contribution in [3.05, 3.63) is 88.9 Å². The van der Waals surface area contributed by atoms with Gasteiger partial charge >= 0.3 is 6.36 Å². The summed E-state index contributed by atoms with van der Waals surface area (Å²) in [6.45, 7) is 0.328. The van der Waals surface area contributed by atoms with Crippen LogP contribution in [0.5, 0.6) is 5.75 Å². The first-order valence-corrected chi connectivity index (χ1v) is 12.0. The molecule has 3 aromatic carbocycles. The van der Waals surface area contributed by atoms with E-state index in [1.54, 1.807) is 16.8 Å². The Hall–Kier alpha value is -3.37. The summed E-state index contributed by atoms with van der Waals surface area (Å²) in [4.78, 5) is 9.25. The second kappa shape index (κ2) is 9.71. The number of ether oxygens (including phenoxy) is 1. The van der Waals surface area contributed by atoms with Crippen molar-refractivity contribution in [3.63, 3.8) is 0 Å². The number of nitrogens with zero attached hydrogens (tertiary/aromatic N) is 3. The van der Waals surface area contributed by atoms with E-state index < -0.39 is 6.36 Å². The number of rotatable bonds is 5. The molecular weight excluding hydrogens is 499 g/mol. The van der Waals surface area contributed by atoms with E-state index in [0.29, 0.717) is 23.2 Å². The maximum absolute atomic E-state index is 12.3. The molecule has 3 aromatic rings. The fourth-order valence-electron chi connectivity index (χ4n) is 3.60. The quantitative estimate of drug-likeness (QED) is 0.420. The average Bonchev–Trinajstić information content (AvgIpc) is 3.50. The summed E-state index contributed by atoms with van der Waals surface area (Å²) in [6.07, 6.45) is -4.72. The Bertz CT molecular complexity index is 1250. The van der Waals surface area contributed by atoms with Gasteiger partial charge in [-0.1, -0.05) is 35.5 Å². The highest BCUT2D eigenvalue weighted by Crippen LogP contribution is 2.31. The van der Waals surface area contributed by atoms with E-state index in [-0.39, 0.29) is 11.8 Å². The first-order valence-electron chi connectivity index (χ1n) is 10.6. The van der Waals surface area contributed by atoms with Gasteiger partial charge in [-0.2, -0.15) is 0 Å². The Labute approximate surface area is 208 Å². The predicted molar refractivity (Wildman–Crippen MR) is 134 cm³/mol. The lowest BCUT2D eigenvalue weighted by Crippen LogP contribution is -2.36. The molecule has 180 valence electrons. The summed E-state index contributed by atoms with van der Waals surface area (Å²) in [5.41, 5.74) is 6.77. The maximum atomic E-state index is 12.3. The van der Waals surface area contributed by atoms with Crippen LogP contribution in [-0.4, -0.2) is 29.8 Å². The molecule has 1 unspecified atom stereocenters. The van der Waals surface area contributed by atoms with Crippen LogP contribution < -0.4 is 20.5 Å². The van der Waals surface area contributed by atoms with E-state index in [4.69, 9.17) is 16.6 Å². The molecule has 35 heavy (non-hydrogen) atoms. The topological polar surface area (TPSA) is 61.2 Å². The Morgan fingerprint density at radius 2 is 1.71 bits per heavy atom. The van der Waals surface area contributed by atoms with Crippen LogP contribution in [0.1, 0.15) is 17.2 Å². The van der Waals surface area contributed by atoms with E-state index in [2.05, 4.69) is 20.5 Å². The number of alkyl halides is 3. The molecule has 11 heteroatoms. The third-order valence-electron chi connectivity index (χ3n) is 5.31. The number of hydrogen-bond acceptors (Lipinski definition) is 7. The number of thioether (sulfide) groups is 1. The normalized spacial score (nSPS) is 17.6. The number of anilines is 2. The van der Waals surface area contributed by atoms with Crippen LogP contribution in [0, 0.1) is 0 Å². The van der Waals surface area contributed by atoms with Crippen molar-refractivity contribution in [2.75, 3.05) is 22.7 Å². The highest BCUT2D eigenvalue weighted by molar-refractivity contribution is 8.14. The van der Waals surface area contributed by atoms with Gasteiger partial charge in [-0.3, -0.25) is 15.4 Å². The van der Waals surface area contributed by atoms with Gasteiger partial charge < -0.3 is 10.1 Å². The van der Waals surface area contributed by atoms with Gasteiger partial charge in [0.25, 0.3) is 0 Å². The van der Waals surface area contributed by atoms with Crippen molar-refractivity contribution in [2.24, 2.45) is 9.98 Å². The second-order valence-corrected chi connectivity index (χ2v) is 9.19. The molecule has 0 bridgehead atoms. The van der Waals surface area contributed by atoms with Gasteiger partial charge in [0.2, 0.25) is 0 Å². The first-order chi connectivity index (χ1) is 16.8. The smallest absolute Gasteiger partial charge is 0.406 e. The molecule has 2 aliphatic heterocycles. The van der Waals surface area contributed by atoms with E-state index in [0.717, 1.165) is 27.7 Å². The van der Waals surface area contributed by atoms with Crippen LogP contribution in [0.2, 0.25) is 5.02 Å². The third kappa shape index (κ3) is 5.83. The number of aliphatic imine (C=N–C) groups is 2. The molecule has 1 atom stereocenters. The lowest BCUT2D eigenvalue weighted by atomic mass is 10.1. The van der Waals surface area contributed by atoms with Crippen LogP contribution in [0.3, 0.4) is 0 Å². The van der Waals surface area contributed by atoms with E-state index in [9.17, 15) is 13.2 Å². The van der Waals surface area contributed by atoms with Crippen molar-refractivity contribution in [2.45, 2.75) is 12.4 Å². The molecule has 0 spiro atoms. The van der Waals surface area contributed by atoms with Crippen LogP contribution in [-0.2, 0) is 0 Å². The molecular formula is C24H19ClF3N5OS. The van der Waals surface area contributed by atoms with Crippen LogP contribution in [0.25, 0.3) is 0 Å². The number of nitrogens with one attached hydrogen (secondary N) is 2. The first kappa shape index (κ1) is 23.4. The van der Waals surface area contributed by atoms with E-state index in [1.165, 1.54) is 24.3 Å². The lowest BCUT2D eigenvalue weighted by Gasteiger charge is -2.19. The van der Waals surface area contributed by atoms with Gasteiger partial charge in [-0.05, 0) is 66.2 Å². The molecule has 2 N–H and O–H groups in total. The van der Waals surface area contributed by atoms with Crippen molar-refractivity contribution in [1.29, 1.82) is 0 Å².